The van der Waals surface area contributed by atoms with Crippen LogP contribution in [-0.2, 0) is 4.74 Å². The van der Waals surface area contributed by atoms with Gasteiger partial charge in [-0.05, 0) is 71.4 Å². The second-order valence-electron chi connectivity index (χ2n) is 6.68. The van der Waals surface area contributed by atoms with E-state index in [1.165, 1.54) is 58.2 Å². The van der Waals surface area contributed by atoms with Crippen LogP contribution in [0.15, 0.2) is 0 Å². The van der Waals surface area contributed by atoms with Crippen molar-refractivity contribution in [1.82, 2.24) is 10.2 Å². The molecule has 0 aromatic heterocycles. The number of nitrogens with one attached hydrogen (secondary N) is 1. The first-order valence-electron chi connectivity index (χ1n) is 8.20. The molecule has 0 aromatic rings. The van der Waals surface area contributed by atoms with Gasteiger partial charge in [-0.3, -0.25) is 4.90 Å². The summed E-state index contributed by atoms with van der Waals surface area (Å²) in [6.45, 7) is 8.40. The maximum Gasteiger partial charge on any atom is 0.0586 e. The van der Waals surface area contributed by atoms with E-state index in [0.717, 1.165) is 12.0 Å². The fraction of sp³-hybridized carbons (Fsp3) is 1.00. The maximum absolute atomic E-state index is 5.60. The van der Waals surface area contributed by atoms with Gasteiger partial charge in [-0.1, -0.05) is 0 Å². The molecule has 0 amide bonds. The molecule has 1 N–H and O–H groups in total. The Hall–Kier alpha value is -0.120. The highest BCUT2D eigenvalue weighted by Gasteiger charge is 2.29. The summed E-state index contributed by atoms with van der Waals surface area (Å²) in [5.41, 5.74) is 0. The first-order chi connectivity index (χ1) is 9.20. The summed E-state index contributed by atoms with van der Waals surface area (Å²) in [6, 6.07) is 1.39. The molecule has 1 saturated heterocycles. The predicted molar refractivity (Wildman–Crippen MR) is 80.5 cm³/mol. The molecule has 1 saturated carbocycles. The van der Waals surface area contributed by atoms with Crippen molar-refractivity contribution < 1.29 is 4.74 Å². The summed E-state index contributed by atoms with van der Waals surface area (Å²) in [5, 5.41) is 3.55. The lowest BCUT2D eigenvalue weighted by Crippen LogP contribution is -2.48. The molecule has 0 radical (unpaired) electrons. The van der Waals surface area contributed by atoms with Gasteiger partial charge in [-0.25, -0.2) is 0 Å². The van der Waals surface area contributed by atoms with Gasteiger partial charge in [-0.15, -0.1) is 0 Å². The Morgan fingerprint density at radius 1 is 1.21 bits per heavy atom. The Labute approximate surface area is 119 Å². The van der Waals surface area contributed by atoms with E-state index in [1.807, 2.05) is 7.11 Å². The van der Waals surface area contributed by atoms with Gasteiger partial charge in [0, 0.05) is 25.7 Å². The van der Waals surface area contributed by atoms with Crippen LogP contribution in [-0.4, -0.2) is 49.8 Å². The molecular weight excluding hydrogens is 236 g/mol. The Kier molecular flexibility index (Phi) is 6.11. The van der Waals surface area contributed by atoms with Crippen molar-refractivity contribution in [3.63, 3.8) is 0 Å². The highest BCUT2D eigenvalue weighted by Crippen LogP contribution is 2.27. The Morgan fingerprint density at radius 2 is 2.05 bits per heavy atom. The lowest BCUT2D eigenvalue weighted by atomic mass is 9.89. The van der Waals surface area contributed by atoms with Crippen LogP contribution < -0.4 is 5.32 Å². The molecule has 112 valence electrons. The van der Waals surface area contributed by atoms with Gasteiger partial charge >= 0.3 is 0 Å². The summed E-state index contributed by atoms with van der Waals surface area (Å²) in [5.74, 6) is 0.846. The van der Waals surface area contributed by atoms with Crippen LogP contribution in [0.1, 0.15) is 52.4 Å². The predicted octanol–water partition coefficient (Wildman–Crippen LogP) is 2.65. The third-order valence-electron chi connectivity index (χ3n) is 4.93. The maximum atomic E-state index is 5.60. The second-order valence-corrected chi connectivity index (χ2v) is 6.68. The zero-order valence-electron chi connectivity index (χ0n) is 13.0. The number of piperidine rings is 1. The first-order valence-corrected chi connectivity index (χ1v) is 8.20. The van der Waals surface area contributed by atoms with Crippen LogP contribution in [0.4, 0.5) is 0 Å². The van der Waals surface area contributed by atoms with Crippen molar-refractivity contribution in [1.29, 1.82) is 0 Å². The minimum absolute atomic E-state index is 0.490. The van der Waals surface area contributed by atoms with Gasteiger partial charge in [0.05, 0.1) is 6.10 Å². The smallest absolute Gasteiger partial charge is 0.0586 e. The van der Waals surface area contributed by atoms with Crippen LogP contribution in [0.5, 0.6) is 0 Å². The van der Waals surface area contributed by atoms with Gasteiger partial charge in [-0.2, -0.15) is 0 Å². The van der Waals surface area contributed by atoms with E-state index < -0.39 is 0 Å². The molecule has 2 rings (SSSR count). The van der Waals surface area contributed by atoms with E-state index in [0.29, 0.717) is 12.1 Å². The highest BCUT2D eigenvalue weighted by atomic mass is 16.5. The van der Waals surface area contributed by atoms with Crippen molar-refractivity contribution in [2.45, 2.75) is 70.6 Å². The zero-order chi connectivity index (χ0) is 13.7. The highest BCUT2D eigenvalue weighted by molar-refractivity contribution is 4.85. The Balaban J connectivity index is 1.90. The number of methoxy groups -OCH3 is 1. The van der Waals surface area contributed by atoms with E-state index in [2.05, 4.69) is 24.1 Å². The average molecular weight is 268 g/mol. The van der Waals surface area contributed by atoms with Crippen LogP contribution >= 0.6 is 0 Å². The fourth-order valence-corrected chi connectivity index (χ4v) is 3.80. The normalized spacial score (nSPS) is 33.0. The molecule has 0 aromatic carbocycles. The van der Waals surface area contributed by atoms with Crippen molar-refractivity contribution in [2.24, 2.45) is 5.92 Å². The van der Waals surface area contributed by atoms with Crippen LogP contribution in [0.2, 0.25) is 0 Å². The molecule has 0 bridgehead atoms. The third-order valence-corrected chi connectivity index (χ3v) is 4.93. The van der Waals surface area contributed by atoms with Crippen LogP contribution in [0.25, 0.3) is 0 Å². The fourth-order valence-electron chi connectivity index (χ4n) is 3.80. The van der Waals surface area contributed by atoms with Crippen molar-refractivity contribution in [3.8, 4) is 0 Å². The van der Waals surface area contributed by atoms with Crippen molar-refractivity contribution in [3.05, 3.63) is 0 Å². The average Bonchev–Trinajstić information content (AvgIpc) is 2.45. The molecule has 2 aliphatic rings. The van der Waals surface area contributed by atoms with E-state index >= 15 is 0 Å². The summed E-state index contributed by atoms with van der Waals surface area (Å²) in [7, 11) is 1.87. The largest absolute Gasteiger partial charge is 0.381 e. The lowest BCUT2D eigenvalue weighted by Gasteiger charge is -2.42. The molecule has 1 heterocycles. The molecule has 1 aliphatic carbocycles. The third kappa shape index (κ3) is 4.44. The standard InChI is InChI=1S/C16H32N2O/c1-13(2)18(12-14-6-5-9-17-11-14)15-7-4-8-16(10-15)19-3/h13-17H,4-12H2,1-3H3. The van der Waals surface area contributed by atoms with E-state index in [4.69, 9.17) is 4.74 Å². The van der Waals surface area contributed by atoms with Crippen LogP contribution in [0, 0.1) is 5.92 Å². The lowest BCUT2D eigenvalue weighted by molar-refractivity contribution is 0.0119. The van der Waals surface area contributed by atoms with Gasteiger partial charge in [0.2, 0.25) is 0 Å². The number of nitrogens with zero attached hydrogens (tertiary/aromatic N) is 1. The Bertz CT molecular complexity index is 251. The summed E-state index contributed by atoms with van der Waals surface area (Å²) in [6.07, 6.45) is 8.41. The summed E-state index contributed by atoms with van der Waals surface area (Å²) < 4.78 is 5.60. The second kappa shape index (κ2) is 7.61. The number of hydrogen-bond acceptors (Lipinski definition) is 3. The van der Waals surface area contributed by atoms with E-state index in [1.54, 1.807) is 0 Å². The molecule has 3 atom stereocenters. The molecular formula is C16H32N2O. The van der Waals surface area contributed by atoms with E-state index in [-0.39, 0.29) is 0 Å². The molecule has 3 nitrogen and oxygen atoms in total. The van der Waals surface area contributed by atoms with Gasteiger partial charge in [0.25, 0.3) is 0 Å². The molecule has 0 spiro atoms. The van der Waals surface area contributed by atoms with Crippen molar-refractivity contribution >= 4 is 0 Å². The van der Waals surface area contributed by atoms with Crippen LogP contribution in [0.3, 0.4) is 0 Å². The summed E-state index contributed by atoms with van der Waals surface area (Å²) >= 11 is 0. The number of ether oxygens (including phenoxy) is 1. The molecule has 3 unspecified atom stereocenters. The molecule has 2 fully saturated rings. The molecule has 3 heteroatoms. The molecule has 1 aliphatic heterocycles. The van der Waals surface area contributed by atoms with Gasteiger partial charge < -0.3 is 10.1 Å². The SMILES string of the molecule is COC1CCCC(N(CC2CCCNC2)C(C)C)C1. The summed E-state index contributed by atoms with van der Waals surface area (Å²) in [4.78, 5) is 2.75. The minimum Gasteiger partial charge on any atom is -0.381 e. The number of rotatable bonds is 5. The van der Waals surface area contributed by atoms with Crippen molar-refractivity contribution in [2.75, 3.05) is 26.7 Å². The first kappa shape index (κ1) is 15.3. The number of hydrogen-bond donors (Lipinski definition) is 1. The Morgan fingerprint density at radius 3 is 2.68 bits per heavy atom. The minimum atomic E-state index is 0.490. The monoisotopic (exact) mass is 268 g/mol. The topological polar surface area (TPSA) is 24.5 Å². The van der Waals surface area contributed by atoms with Gasteiger partial charge in [0.1, 0.15) is 0 Å². The van der Waals surface area contributed by atoms with Gasteiger partial charge in [0.15, 0.2) is 0 Å². The zero-order valence-corrected chi connectivity index (χ0v) is 13.0. The molecule has 19 heavy (non-hydrogen) atoms. The van der Waals surface area contributed by atoms with E-state index in [9.17, 15) is 0 Å². The quantitative estimate of drug-likeness (QED) is 0.829.